The van der Waals surface area contributed by atoms with Gasteiger partial charge in [-0.25, -0.2) is 5.41 Å². The van der Waals surface area contributed by atoms with Crippen molar-refractivity contribution >= 4 is 0 Å². The molecule has 1 aromatic heterocycles. The molecule has 0 aliphatic heterocycles. The van der Waals surface area contributed by atoms with Crippen molar-refractivity contribution < 1.29 is 4.52 Å². The van der Waals surface area contributed by atoms with Crippen LogP contribution in [0.2, 0.25) is 0 Å². The van der Waals surface area contributed by atoms with Crippen molar-refractivity contribution in [2.75, 3.05) is 0 Å². The van der Waals surface area contributed by atoms with Gasteiger partial charge in [0.2, 0.25) is 0 Å². The van der Waals surface area contributed by atoms with Crippen molar-refractivity contribution in [3.8, 4) is 0 Å². The second-order valence-electron chi connectivity index (χ2n) is 1.59. The molecule has 0 bridgehead atoms. The van der Waals surface area contributed by atoms with Crippen molar-refractivity contribution in [3.05, 3.63) is 11.5 Å². The van der Waals surface area contributed by atoms with Crippen LogP contribution in [0.25, 0.3) is 0 Å². The highest BCUT2D eigenvalue weighted by Gasteiger charge is 1.93. The summed E-state index contributed by atoms with van der Waals surface area (Å²) in [5.74, 6) is 0.718. The Labute approximate surface area is 46.2 Å². The van der Waals surface area contributed by atoms with Gasteiger partial charge in [-0.05, 0) is 6.92 Å². The molecular weight excluding hydrogens is 106 g/mol. The van der Waals surface area contributed by atoms with E-state index in [-0.39, 0.29) is 5.68 Å². The van der Waals surface area contributed by atoms with Gasteiger partial charge in [-0.2, -0.15) is 0 Å². The van der Waals surface area contributed by atoms with Gasteiger partial charge in [0.1, 0.15) is 5.82 Å². The summed E-state index contributed by atoms with van der Waals surface area (Å²) in [4.78, 5) is 0. The molecule has 0 radical (unpaired) electrons. The quantitative estimate of drug-likeness (QED) is 0.506. The van der Waals surface area contributed by atoms with E-state index in [9.17, 15) is 0 Å². The molecular formula is C4H7N3O. The monoisotopic (exact) mass is 113 g/mol. The molecule has 0 saturated heterocycles. The molecule has 1 rings (SSSR count). The van der Waals surface area contributed by atoms with Gasteiger partial charge in [0.05, 0.1) is 0 Å². The first-order valence-electron chi connectivity index (χ1n) is 2.25. The molecule has 0 fully saturated rings. The molecule has 0 aliphatic rings. The van der Waals surface area contributed by atoms with Crippen LogP contribution >= 0.6 is 0 Å². The van der Waals surface area contributed by atoms with Crippen molar-refractivity contribution in [3.63, 3.8) is 0 Å². The molecule has 4 heteroatoms. The number of hydrogen-bond acceptors (Lipinski definition) is 3. The Bertz CT molecular complexity index is 234. The highest BCUT2D eigenvalue weighted by Crippen LogP contribution is 1.80. The van der Waals surface area contributed by atoms with E-state index in [1.54, 1.807) is 18.5 Å². The second-order valence-corrected chi connectivity index (χ2v) is 1.59. The molecule has 0 amide bonds. The number of hydrogen-bond donors (Lipinski definition) is 1. The Morgan fingerprint density at radius 2 is 2.38 bits per heavy atom. The van der Waals surface area contributed by atoms with Crippen molar-refractivity contribution in [1.82, 2.24) is 9.72 Å². The molecule has 0 aromatic carbocycles. The fourth-order valence-electron chi connectivity index (χ4n) is 0.379. The van der Waals surface area contributed by atoms with E-state index < -0.39 is 0 Å². The van der Waals surface area contributed by atoms with Crippen LogP contribution < -0.4 is 5.68 Å². The number of nitrogens with one attached hydrogen (secondary N) is 1. The lowest BCUT2D eigenvalue weighted by molar-refractivity contribution is 0.359. The van der Waals surface area contributed by atoms with Gasteiger partial charge in [0.25, 0.3) is 0 Å². The topological polar surface area (TPSA) is 54.8 Å². The minimum atomic E-state index is 0.0856. The van der Waals surface area contributed by atoms with Gasteiger partial charge in [0.15, 0.2) is 0 Å². The van der Waals surface area contributed by atoms with Gasteiger partial charge in [0, 0.05) is 7.05 Å². The lowest BCUT2D eigenvalue weighted by Gasteiger charge is -1.83. The summed E-state index contributed by atoms with van der Waals surface area (Å²) in [5.41, 5.74) is 0.0856. The number of rotatable bonds is 0. The van der Waals surface area contributed by atoms with Crippen molar-refractivity contribution in [1.29, 1.82) is 5.41 Å². The molecule has 0 spiro atoms. The molecule has 1 aromatic rings. The maximum Gasteiger partial charge on any atom is 0.320 e. The number of aryl methyl sites for hydroxylation is 1. The van der Waals surface area contributed by atoms with E-state index in [0.717, 1.165) is 5.82 Å². The van der Waals surface area contributed by atoms with E-state index in [0.29, 0.717) is 0 Å². The van der Waals surface area contributed by atoms with Gasteiger partial charge in [-0.15, -0.1) is 0 Å². The summed E-state index contributed by atoms with van der Waals surface area (Å²) in [6, 6.07) is 0. The minimum absolute atomic E-state index is 0.0856. The van der Waals surface area contributed by atoms with Crippen LogP contribution in [0.3, 0.4) is 0 Å². The summed E-state index contributed by atoms with van der Waals surface area (Å²) in [6.45, 7) is 1.78. The van der Waals surface area contributed by atoms with Gasteiger partial charge >= 0.3 is 5.68 Å². The third kappa shape index (κ3) is 0.538. The van der Waals surface area contributed by atoms with E-state index in [4.69, 9.17) is 5.41 Å². The van der Waals surface area contributed by atoms with Crippen LogP contribution in [0.15, 0.2) is 4.52 Å². The fraction of sp³-hybridized carbons (Fsp3) is 0.500. The molecule has 0 atom stereocenters. The molecule has 0 saturated carbocycles. The first kappa shape index (κ1) is 5.08. The molecule has 4 nitrogen and oxygen atoms in total. The zero-order chi connectivity index (χ0) is 6.15. The summed E-state index contributed by atoms with van der Waals surface area (Å²) in [5, 5.41) is 10.5. The van der Waals surface area contributed by atoms with Crippen LogP contribution in [0.1, 0.15) is 5.82 Å². The number of nitrogens with zero attached hydrogens (tertiary/aromatic N) is 2. The van der Waals surface area contributed by atoms with Crippen LogP contribution in [0.5, 0.6) is 0 Å². The average Bonchev–Trinajstić information content (AvgIpc) is 1.98. The van der Waals surface area contributed by atoms with E-state index >= 15 is 0 Å². The van der Waals surface area contributed by atoms with Crippen LogP contribution in [0.4, 0.5) is 0 Å². The molecule has 1 N–H and O–H groups in total. The van der Waals surface area contributed by atoms with Crippen LogP contribution in [-0.2, 0) is 7.05 Å². The molecule has 8 heavy (non-hydrogen) atoms. The Morgan fingerprint density at radius 1 is 1.75 bits per heavy atom. The third-order valence-electron chi connectivity index (χ3n) is 1.05. The Balaban J connectivity index is 3.41. The largest absolute Gasteiger partial charge is 0.320 e. The maximum atomic E-state index is 6.97. The Morgan fingerprint density at radius 3 is 2.50 bits per heavy atom. The lowest BCUT2D eigenvalue weighted by atomic mass is 10.7. The van der Waals surface area contributed by atoms with E-state index in [2.05, 4.69) is 9.68 Å². The van der Waals surface area contributed by atoms with Crippen LogP contribution in [0, 0.1) is 12.3 Å². The van der Waals surface area contributed by atoms with Crippen LogP contribution in [-0.4, -0.2) is 9.72 Å². The standard InChI is InChI=1S/C4H7N3O/c1-3-6-8-4(5)7(3)2/h5H,1-2H3. The predicted molar refractivity (Wildman–Crippen MR) is 26.1 cm³/mol. The van der Waals surface area contributed by atoms with Gasteiger partial charge in [-0.1, -0.05) is 5.16 Å². The fourth-order valence-corrected chi connectivity index (χ4v) is 0.379. The maximum absolute atomic E-state index is 6.97. The van der Waals surface area contributed by atoms with Crippen molar-refractivity contribution in [2.45, 2.75) is 6.92 Å². The Hall–Kier alpha value is -1.06. The SMILES string of the molecule is Cc1noc(=N)n1C. The summed E-state index contributed by atoms with van der Waals surface area (Å²) < 4.78 is 6.03. The van der Waals surface area contributed by atoms with Gasteiger partial charge < -0.3 is 4.52 Å². The summed E-state index contributed by atoms with van der Waals surface area (Å²) in [7, 11) is 1.73. The first-order valence-corrected chi connectivity index (χ1v) is 2.25. The molecule has 44 valence electrons. The smallest absolute Gasteiger partial charge is 0.316 e. The van der Waals surface area contributed by atoms with E-state index in [1.807, 2.05) is 0 Å². The third-order valence-corrected chi connectivity index (χ3v) is 1.05. The second kappa shape index (κ2) is 1.47. The summed E-state index contributed by atoms with van der Waals surface area (Å²) >= 11 is 0. The lowest BCUT2D eigenvalue weighted by Crippen LogP contribution is -2.10. The van der Waals surface area contributed by atoms with Crippen molar-refractivity contribution in [2.24, 2.45) is 7.05 Å². The highest BCUT2D eigenvalue weighted by atomic mass is 16.5. The Kier molecular flexibility index (Phi) is 0.932. The molecule has 0 aliphatic carbocycles. The highest BCUT2D eigenvalue weighted by molar-refractivity contribution is 4.72. The van der Waals surface area contributed by atoms with E-state index in [1.165, 1.54) is 0 Å². The average molecular weight is 113 g/mol. The predicted octanol–water partition coefficient (Wildman–Crippen LogP) is -0.199. The zero-order valence-corrected chi connectivity index (χ0v) is 4.80. The molecule has 0 unspecified atom stereocenters. The normalized spacial score (nSPS) is 9.75. The van der Waals surface area contributed by atoms with Gasteiger partial charge in [-0.3, -0.25) is 4.57 Å². The molecule has 1 heterocycles. The first-order chi connectivity index (χ1) is 3.72. The number of aromatic nitrogens is 2. The summed E-state index contributed by atoms with van der Waals surface area (Å²) in [6.07, 6.45) is 0. The minimum Gasteiger partial charge on any atom is -0.316 e. The zero-order valence-electron chi connectivity index (χ0n) is 4.80.